The second-order valence-electron chi connectivity index (χ2n) is 4.10. The van der Waals surface area contributed by atoms with Gasteiger partial charge in [-0.2, -0.15) is 0 Å². The third-order valence-corrected chi connectivity index (χ3v) is 3.26. The van der Waals surface area contributed by atoms with Gasteiger partial charge in [-0.15, -0.1) is 0 Å². The Morgan fingerprint density at radius 3 is 2.95 bits per heavy atom. The van der Waals surface area contributed by atoms with Crippen molar-refractivity contribution in [2.75, 3.05) is 5.32 Å². The predicted octanol–water partition coefficient (Wildman–Crippen LogP) is 3.58. The summed E-state index contributed by atoms with van der Waals surface area (Å²) in [5, 5.41) is 2.85. The third-order valence-electron chi connectivity index (χ3n) is 2.76. The summed E-state index contributed by atoms with van der Waals surface area (Å²) in [4.78, 5) is 19.2. The van der Waals surface area contributed by atoms with Gasteiger partial charge in [-0.3, -0.25) is 4.79 Å². The molecule has 94 valence electrons. The van der Waals surface area contributed by atoms with Crippen LogP contribution in [0.1, 0.15) is 10.4 Å². The molecule has 0 fully saturated rings. The van der Waals surface area contributed by atoms with E-state index in [0.29, 0.717) is 5.56 Å². The molecule has 0 saturated carbocycles. The van der Waals surface area contributed by atoms with Crippen molar-refractivity contribution in [1.29, 1.82) is 0 Å². The molecule has 0 unspecified atom stereocenters. The smallest absolute Gasteiger partial charge is 0.255 e. The Labute approximate surface area is 118 Å². The predicted molar refractivity (Wildman–Crippen MR) is 78.2 cm³/mol. The summed E-state index contributed by atoms with van der Waals surface area (Å²) < 4.78 is 0.925. The minimum Gasteiger partial charge on any atom is -0.345 e. The number of carbonyl (C=O) groups is 1. The normalized spacial score (nSPS) is 10.6. The molecule has 2 N–H and O–H groups in total. The number of H-pyrrole nitrogens is 1. The second kappa shape index (κ2) is 4.85. The Bertz CT molecular complexity index is 751. The number of halogens is 1. The van der Waals surface area contributed by atoms with Crippen LogP contribution in [0, 0.1) is 0 Å². The monoisotopic (exact) mass is 315 g/mol. The summed E-state index contributed by atoms with van der Waals surface area (Å²) in [6.45, 7) is 0. The van der Waals surface area contributed by atoms with Gasteiger partial charge in [-0.25, -0.2) is 4.98 Å². The van der Waals surface area contributed by atoms with E-state index in [1.54, 1.807) is 18.5 Å². The van der Waals surface area contributed by atoms with Crippen molar-refractivity contribution in [3.05, 3.63) is 58.8 Å². The van der Waals surface area contributed by atoms with E-state index in [0.717, 1.165) is 21.2 Å². The topological polar surface area (TPSA) is 57.8 Å². The first kappa shape index (κ1) is 11.9. The minimum absolute atomic E-state index is 0.144. The Hall–Kier alpha value is -2.14. The van der Waals surface area contributed by atoms with Crippen LogP contribution in [0.4, 0.5) is 5.69 Å². The SMILES string of the molecule is O=C(Nc1cccc(Br)c1)c1ccc2nc[nH]c2c1. The highest BCUT2D eigenvalue weighted by atomic mass is 79.9. The van der Waals surface area contributed by atoms with Crippen LogP contribution < -0.4 is 5.32 Å². The van der Waals surface area contributed by atoms with Gasteiger partial charge in [0.2, 0.25) is 0 Å². The number of benzene rings is 2. The van der Waals surface area contributed by atoms with Crippen LogP contribution >= 0.6 is 15.9 Å². The zero-order valence-corrected chi connectivity index (χ0v) is 11.4. The van der Waals surface area contributed by atoms with Gasteiger partial charge in [0.05, 0.1) is 17.4 Å². The van der Waals surface area contributed by atoms with E-state index in [2.05, 4.69) is 31.2 Å². The van der Waals surface area contributed by atoms with Crippen LogP contribution in [-0.2, 0) is 0 Å². The summed E-state index contributed by atoms with van der Waals surface area (Å²) in [6.07, 6.45) is 1.61. The first-order chi connectivity index (χ1) is 9.22. The number of hydrogen-bond acceptors (Lipinski definition) is 2. The molecule has 0 radical (unpaired) electrons. The highest BCUT2D eigenvalue weighted by Crippen LogP contribution is 2.17. The van der Waals surface area contributed by atoms with Gasteiger partial charge in [0, 0.05) is 15.7 Å². The number of nitrogens with zero attached hydrogens (tertiary/aromatic N) is 1. The first-order valence-electron chi connectivity index (χ1n) is 5.72. The number of nitrogens with one attached hydrogen (secondary N) is 2. The fraction of sp³-hybridized carbons (Fsp3) is 0. The molecule has 3 aromatic rings. The lowest BCUT2D eigenvalue weighted by Gasteiger charge is -2.05. The molecule has 0 bridgehead atoms. The molecule has 0 atom stereocenters. The van der Waals surface area contributed by atoms with Crippen molar-refractivity contribution in [3.63, 3.8) is 0 Å². The maximum absolute atomic E-state index is 12.1. The number of imidazole rings is 1. The molecule has 2 aromatic carbocycles. The minimum atomic E-state index is -0.144. The van der Waals surface area contributed by atoms with Gasteiger partial charge in [0.15, 0.2) is 0 Å². The standard InChI is InChI=1S/C14H10BrN3O/c15-10-2-1-3-11(7-10)18-14(19)9-4-5-12-13(6-9)17-8-16-12/h1-8H,(H,16,17)(H,18,19). The van der Waals surface area contributed by atoms with E-state index in [9.17, 15) is 4.79 Å². The third kappa shape index (κ3) is 2.51. The molecule has 0 spiro atoms. The van der Waals surface area contributed by atoms with Crippen LogP contribution in [-0.4, -0.2) is 15.9 Å². The molecule has 5 heteroatoms. The van der Waals surface area contributed by atoms with Crippen LogP contribution in [0.5, 0.6) is 0 Å². The number of hydrogen-bond donors (Lipinski definition) is 2. The molecular formula is C14H10BrN3O. The number of anilines is 1. The molecular weight excluding hydrogens is 306 g/mol. The van der Waals surface area contributed by atoms with Gasteiger partial charge in [-0.05, 0) is 36.4 Å². The second-order valence-corrected chi connectivity index (χ2v) is 5.01. The maximum atomic E-state index is 12.1. The van der Waals surface area contributed by atoms with Crippen molar-refractivity contribution in [1.82, 2.24) is 9.97 Å². The molecule has 0 saturated heterocycles. The molecule has 3 rings (SSSR count). The van der Waals surface area contributed by atoms with E-state index in [1.165, 1.54) is 0 Å². The Balaban J connectivity index is 1.87. The van der Waals surface area contributed by atoms with Crippen LogP contribution in [0.15, 0.2) is 53.3 Å². The molecule has 1 amide bonds. The zero-order chi connectivity index (χ0) is 13.2. The number of fused-ring (bicyclic) bond motifs is 1. The van der Waals surface area contributed by atoms with E-state index >= 15 is 0 Å². The van der Waals surface area contributed by atoms with Crippen LogP contribution in [0.3, 0.4) is 0 Å². The lowest BCUT2D eigenvalue weighted by Crippen LogP contribution is -2.11. The summed E-state index contributed by atoms with van der Waals surface area (Å²) in [6, 6.07) is 12.8. The number of aromatic nitrogens is 2. The molecule has 19 heavy (non-hydrogen) atoms. The summed E-state index contributed by atoms with van der Waals surface area (Å²) in [7, 11) is 0. The number of aromatic amines is 1. The van der Waals surface area contributed by atoms with E-state index < -0.39 is 0 Å². The number of rotatable bonds is 2. The molecule has 4 nitrogen and oxygen atoms in total. The van der Waals surface area contributed by atoms with E-state index in [1.807, 2.05) is 30.3 Å². The van der Waals surface area contributed by atoms with Crippen molar-refractivity contribution in [3.8, 4) is 0 Å². The summed E-state index contributed by atoms with van der Waals surface area (Å²) in [5.41, 5.74) is 3.04. The number of carbonyl (C=O) groups excluding carboxylic acids is 1. The van der Waals surface area contributed by atoms with Gasteiger partial charge in [-0.1, -0.05) is 22.0 Å². The fourth-order valence-corrected chi connectivity index (χ4v) is 2.25. The van der Waals surface area contributed by atoms with Gasteiger partial charge < -0.3 is 10.3 Å². The molecule has 0 aliphatic carbocycles. The molecule has 1 aromatic heterocycles. The van der Waals surface area contributed by atoms with Crippen molar-refractivity contribution in [2.45, 2.75) is 0 Å². The summed E-state index contributed by atoms with van der Waals surface area (Å²) in [5.74, 6) is -0.144. The highest BCUT2D eigenvalue weighted by molar-refractivity contribution is 9.10. The Kier molecular flexibility index (Phi) is 3.05. The average molecular weight is 316 g/mol. The number of amides is 1. The fourth-order valence-electron chi connectivity index (χ4n) is 1.85. The molecule has 0 aliphatic rings. The summed E-state index contributed by atoms with van der Waals surface area (Å²) >= 11 is 3.37. The molecule has 1 heterocycles. The first-order valence-corrected chi connectivity index (χ1v) is 6.52. The van der Waals surface area contributed by atoms with Crippen molar-refractivity contribution < 1.29 is 4.79 Å². The van der Waals surface area contributed by atoms with E-state index in [4.69, 9.17) is 0 Å². The van der Waals surface area contributed by atoms with Gasteiger partial charge in [0.25, 0.3) is 5.91 Å². The van der Waals surface area contributed by atoms with Gasteiger partial charge >= 0.3 is 0 Å². The lowest BCUT2D eigenvalue weighted by atomic mass is 10.2. The zero-order valence-electron chi connectivity index (χ0n) is 9.85. The maximum Gasteiger partial charge on any atom is 0.255 e. The molecule has 0 aliphatic heterocycles. The van der Waals surface area contributed by atoms with Crippen LogP contribution in [0.2, 0.25) is 0 Å². The van der Waals surface area contributed by atoms with Crippen molar-refractivity contribution in [2.24, 2.45) is 0 Å². The quantitative estimate of drug-likeness (QED) is 0.759. The Morgan fingerprint density at radius 1 is 1.21 bits per heavy atom. The van der Waals surface area contributed by atoms with Gasteiger partial charge in [0.1, 0.15) is 0 Å². The van der Waals surface area contributed by atoms with E-state index in [-0.39, 0.29) is 5.91 Å². The Morgan fingerprint density at radius 2 is 2.11 bits per heavy atom. The average Bonchev–Trinajstić information content (AvgIpc) is 2.85. The largest absolute Gasteiger partial charge is 0.345 e. The lowest BCUT2D eigenvalue weighted by molar-refractivity contribution is 0.102. The van der Waals surface area contributed by atoms with Crippen molar-refractivity contribution >= 4 is 38.6 Å². The highest BCUT2D eigenvalue weighted by Gasteiger charge is 2.07. The van der Waals surface area contributed by atoms with Crippen LogP contribution in [0.25, 0.3) is 11.0 Å².